The van der Waals surface area contributed by atoms with E-state index in [1.54, 1.807) is 4.90 Å². The first kappa shape index (κ1) is 17.0. The number of carboxylic acid groups (broad SMARTS) is 1. The van der Waals surface area contributed by atoms with Crippen molar-refractivity contribution in [3.63, 3.8) is 0 Å². The van der Waals surface area contributed by atoms with Crippen molar-refractivity contribution in [2.24, 2.45) is 11.8 Å². The largest absolute Gasteiger partial charge is 0.481 e. The minimum absolute atomic E-state index is 0.0474. The first-order valence-corrected chi connectivity index (χ1v) is 8.76. The Labute approximate surface area is 142 Å². The minimum Gasteiger partial charge on any atom is -0.481 e. The van der Waals surface area contributed by atoms with Gasteiger partial charge >= 0.3 is 5.97 Å². The van der Waals surface area contributed by atoms with Crippen molar-refractivity contribution in [2.75, 3.05) is 19.7 Å². The highest BCUT2D eigenvalue weighted by molar-refractivity contribution is 5.81. The summed E-state index contributed by atoms with van der Waals surface area (Å²) in [6.07, 6.45) is 2.85. The molecule has 1 amide bonds. The number of piperidine rings is 1. The quantitative estimate of drug-likeness (QED) is 0.925. The lowest BCUT2D eigenvalue weighted by Gasteiger charge is -2.37. The second-order valence-electron chi connectivity index (χ2n) is 6.91. The number of hydrogen-bond acceptors (Lipinski definition) is 3. The van der Waals surface area contributed by atoms with Crippen LogP contribution in [0.5, 0.6) is 0 Å². The molecule has 0 unspecified atom stereocenters. The number of ether oxygens (including phenoxy) is 1. The van der Waals surface area contributed by atoms with Crippen LogP contribution >= 0.6 is 0 Å². The average Bonchev–Trinajstić information content (AvgIpc) is 2.62. The fourth-order valence-corrected chi connectivity index (χ4v) is 3.73. The van der Waals surface area contributed by atoms with Gasteiger partial charge in [0.25, 0.3) is 0 Å². The van der Waals surface area contributed by atoms with Crippen LogP contribution in [0.25, 0.3) is 0 Å². The van der Waals surface area contributed by atoms with Crippen molar-refractivity contribution in [3.8, 4) is 0 Å². The van der Waals surface area contributed by atoms with Gasteiger partial charge in [0.2, 0.25) is 5.91 Å². The van der Waals surface area contributed by atoms with Crippen molar-refractivity contribution < 1.29 is 19.4 Å². The molecule has 0 radical (unpaired) electrons. The van der Waals surface area contributed by atoms with Crippen molar-refractivity contribution in [3.05, 3.63) is 35.4 Å². The third kappa shape index (κ3) is 3.61. The molecule has 3 atom stereocenters. The molecule has 1 aromatic carbocycles. The van der Waals surface area contributed by atoms with Gasteiger partial charge in [0.1, 0.15) is 0 Å². The van der Waals surface area contributed by atoms with Gasteiger partial charge in [-0.3, -0.25) is 9.59 Å². The number of carbonyl (C=O) groups excluding carboxylic acids is 1. The summed E-state index contributed by atoms with van der Waals surface area (Å²) in [5.41, 5.74) is 2.21. The van der Waals surface area contributed by atoms with Gasteiger partial charge in [0.05, 0.1) is 17.9 Å². The van der Waals surface area contributed by atoms with Crippen LogP contribution < -0.4 is 0 Å². The zero-order chi connectivity index (χ0) is 17.1. The number of aryl methyl sites for hydroxylation is 1. The third-order valence-corrected chi connectivity index (χ3v) is 5.13. The number of carbonyl (C=O) groups is 2. The average molecular weight is 331 g/mol. The number of carboxylic acids is 1. The van der Waals surface area contributed by atoms with E-state index in [1.807, 2.05) is 31.2 Å². The molecule has 0 spiro atoms. The molecule has 2 aliphatic heterocycles. The second kappa shape index (κ2) is 7.34. The van der Waals surface area contributed by atoms with Crippen LogP contribution in [0.4, 0.5) is 0 Å². The predicted molar refractivity (Wildman–Crippen MR) is 89.5 cm³/mol. The van der Waals surface area contributed by atoms with Crippen LogP contribution in [-0.2, 0) is 14.3 Å². The van der Waals surface area contributed by atoms with E-state index in [4.69, 9.17) is 4.74 Å². The highest BCUT2D eigenvalue weighted by atomic mass is 16.5. The molecule has 0 saturated carbocycles. The molecule has 5 nitrogen and oxygen atoms in total. The summed E-state index contributed by atoms with van der Waals surface area (Å²) in [7, 11) is 0. The van der Waals surface area contributed by atoms with Crippen LogP contribution in [0.1, 0.15) is 42.9 Å². The molecular weight excluding hydrogens is 306 g/mol. The number of likely N-dealkylation sites (tertiary alicyclic amines) is 1. The van der Waals surface area contributed by atoms with Crippen LogP contribution in [0.2, 0.25) is 0 Å². The molecule has 2 aliphatic rings. The highest BCUT2D eigenvalue weighted by Gasteiger charge is 2.38. The zero-order valence-electron chi connectivity index (χ0n) is 14.1. The number of aliphatic carboxylic acids is 1. The van der Waals surface area contributed by atoms with E-state index in [1.165, 1.54) is 5.56 Å². The molecule has 130 valence electrons. The number of nitrogens with zero attached hydrogens (tertiary/aromatic N) is 1. The van der Waals surface area contributed by atoms with E-state index in [0.29, 0.717) is 26.1 Å². The minimum atomic E-state index is -0.803. The van der Waals surface area contributed by atoms with Gasteiger partial charge in [-0.15, -0.1) is 0 Å². The summed E-state index contributed by atoms with van der Waals surface area (Å²) in [4.78, 5) is 26.0. The molecule has 24 heavy (non-hydrogen) atoms. The van der Waals surface area contributed by atoms with Gasteiger partial charge in [-0.2, -0.15) is 0 Å². The molecule has 0 aliphatic carbocycles. The lowest BCUT2D eigenvalue weighted by molar-refractivity contribution is -0.151. The molecule has 0 aromatic heterocycles. The number of rotatable bonds is 3. The maximum Gasteiger partial charge on any atom is 0.308 e. The van der Waals surface area contributed by atoms with Gasteiger partial charge < -0.3 is 14.7 Å². The van der Waals surface area contributed by atoms with Crippen LogP contribution in [0, 0.1) is 18.8 Å². The zero-order valence-corrected chi connectivity index (χ0v) is 14.1. The summed E-state index contributed by atoms with van der Waals surface area (Å²) in [6, 6.07) is 8.14. The lowest BCUT2D eigenvalue weighted by Crippen LogP contribution is -2.47. The third-order valence-electron chi connectivity index (χ3n) is 5.13. The Morgan fingerprint density at radius 2 is 1.92 bits per heavy atom. The van der Waals surface area contributed by atoms with Gasteiger partial charge in [-0.25, -0.2) is 0 Å². The van der Waals surface area contributed by atoms with Crippen LogP contribution in [-0.4, -0.2) is 41.6 Å². The standard InChI is InChI=1S/C19H25NO4/c1-13-6-8-14(9-7-13)17-16(5-3-11-24-17)18(21)20-10-2-4-15(12-20)19(22)23/h6-9,15-17H,2-5,10-12H2,1H3,(H,22,23)/t15-,16-,17-/m0/s1. The summed E-state index contributed by atoms with van der Waals surface area (Å²) >= 11 is 0. The summed E-state index contributed by atoms with van der Waals surface area (Å²) in [5, 5.41) is 9.24. The lowest BCUT2D eigenvalue weighted by atomic mass is 9.87. The molecular formula is C19H25NO4. The van der Waals surface area contributed by atoms with Crippen molar-refractivity contribution in [1.29, 1.82) is 0 Å². The van der Waals surface area contributed by atoms with Crippen molar-refractivity contribution >= 4 is 11.9 Å². The number of hydrogen-bond donors (Lipinski definition) is 1. The molecule has 1 aromatic rings. The Morgan fingerprint density at radius 3 is 2.62 bits per heavy atom. The molecule has 2 saturated heterocycles. The maximum absolute atomic E-state index is 13.0. The summed E-state index contributed by atoms with van der Waals surface area (Å²) < 4.78 is 5.94. The molecule has 0 bridgehead atoms. The number of benzene rings is 1. The summed E-state index contributed by atoms with van der Waals surface area (Å²) in [6.45, 7) is 3.68. The van der Waals surface area contributed by atoms with Gasteiger partial charge in [0, 0.05) is 19.7 Å². The highest BCUT2D eigenvalue weighted by Crippen LogP contribution is 2.35. The Bertz CT molecular complexity index is 598. The van der Waals surface area contributed by atoms with Gasteiger partial charge in [-0.05, 0) is 38.2 Å². The fourth-order valence-electron chi connectivity index (χ4n) is 3.73. The molecule has 5 heteroatoms. The van der Waals surface area contributed by atoms with E-state index in [0.717, 1.165) is 24.8 Å². The van der Waals surface area contributed by atoms with E-state index in [-0.39, 0.29) is 17.9 Å². The fraction of sp³-hybridized carbons (Fsp3) is 0.579. The maximum atomic E-state index is 13.0. The van der Waals surface area contributed by atoms with E-state index < -0.39 is 11.9 Å². The molecule has 2 heterocycles. The molecule has 1 N–H and O–H groups in total. The van der Waals surface area contributed by atoms with E-state index in [9.17, 15) is 14.7 Å². The van der Waals surface area contributed by atoms with Crippen LogP contribution in [0.15, 0.2) is 24.3 Å². The first-order chi connectivity index (χ1) is 11.6. The Kier molecular flexibility index (Phi) is 5.19. The smallest absolute Gasteiger partial charge is 0.308 e. The Balaban J connectivity index is 1.76. The molecule has 3 rings (SSSR count). The molecule has 2 fully saturated rings. The topological polar surface area (TPSA) is 66.8 Å². The van der Waals surface area contributed by atoms with Crippen molar-refractivity contribution in [1.82, 2.24) is 4.90 Å². The normalized spacial score (nSPS) is 27.7. The second-order valence-corrected chi connectivity index (χ2v) is 6.91. The van der Waals surface area contributed by atoms with E-state index >= 15 is 0 Å². The summed E-state index contributed by atoms with van der Waals surface area (Å²) in [5.74, 6) is -1.41. The monoisotopic (exact) mass is 331 g/mol. The van der Waals surface area contributed by atoms with E-state index in [2.05, 4.69) is 0 Å². The Hall–Kier alpha value is -1.88. The predicted octanol–water partition coefficient (Wildman–Crippen LogP) is 2.79. The number of amides is 1. The SMILES string of the molecule is Cc1ccc([C@@H]2OCCC[C@@H]2C(=O)N2CCC[C@H](C(=O)O)C2)cc1. The van der Waals surface area contributed by atoms with Gasteiger partial charge in [0.15, 0.2) is 0 Å². The van der Waals surface area contributed by atoms with Crippen molar-refractivity contribution in [2.45, 2.75) is 38.7 Å². The first-order valence-electron chi connectivity index (χ1n) is 8.76. The van der Waals surface area contributed by atoms with Crippen LogP contribution in [0.3, 0.4) is 0 Å². The Morgan fingerprint density at radius 1 is 1.17 bits per heavy atom. The van der Waals surface area contributed by atoms with Gasteiger partial charge in [-0.1, -0.05) is 29.8 Å².